The van der Waals surface area contributed by atoms with Crippen LogP contribution in [0.15, 0.2) is 6.07 Å². The topological polar surface area (TPSA) is 40.5 Å². The molecule has 0 saturated heterocycles. The van der Waals surface area contributed by atoms with Crippen molar-refractivity contribution in [1.29, 1.82) is 0 Å². The summed E-state index contributed by atoms with van der Waals surface area (Å²) in [5.41, 5.74) is 1.05. The van der Waals surface area contributed by atoms with Crippen LogP contribution in [0.4, 0.5) is 0 Å². The highest BCUT2D eigenvalue weighted by atomic mass is 32.1. The Balaban J connectivity index is 2.09. The van der Waals surface area contributed by atoms with Gasteiger partial charge in [-0.25, -0.2) is 0 Å². The molecule has 2 rings (SSSR count). The summed E-state index contributed by atoms with van der Waals surface area (Å²) in [6, 6.07) is 1.94. The number of aliphatic hydroxyl groups excluding tert-OH is 1. The van der Waals surface area contributed by atoms with Crippen LogP contribution in [-0.4, -0.2) is 35.6 Å². The molecule has 1 saturated carbocycles. The Hall–Kier alpha value is -1.31. The minimum absolute atomic E-state index is 0.0776. The number of aliphatic hydroxyl groups is 1. The average molecular weight is 291 g/mol. The number of carbonyl (C=O) groups excluding carboxylic acids is 1. The van der Waals surface area contributed by atoms with Gasteiger partial charge in [0, 0.05) is 19.5 Å². The Labute approximate surface area is 124 Å². The Morgan fingerprint density at radius 2 is 2.30 bits per heavy atom. The standard InChI is InChI=1S/C16H21NO2S/c1-3-17(11-13-7-8-13)16(19)15-10-12(2)14(20-15)6-4-5-9-18/h10,13,18H,3,5,7-9,11H2,1-2H3. The number of hydrogen-bond donors (Lipinski definition) is 1. The Morgan fingerprint density at radius 3 is 2.90 bits per heavy atom. The van der Waals surface area contributed by atoms with Gasteiger partial charge in [-0.1, -0.05) is 11.8 Å². The molecule has 0 radical (unpaired) electrons. The zero-order valence-electron chi connectivity index (χ0n) is 12.1. The molecule has 1 aliphatic carbocycles. The maximum absolute atomic E-state index is 12.5. The van der Waals surface area contributed by atoms with Crippen molar-refractivity contribution in [2.24, 2.45) is 5.92 Å². The van der Waals surface area contributed by atoms with E-state index in [0.717, 1.165) is 28.4 Å². The molecule has 1 aromatic rings. The minimum Gasteiger partial charge on any atom is -0.395 e. The Morgan fingerprint density at radius 1 is 1.55 bits per heavy atom. The molecule has 108 valence electrons. The first-order valence-electron chi connectivity index (χ1n) is 7.15. The second kappa shape index (κ2) is 6.92. The van der Waals surface area contributed by atoms with Gasteiger partial charge in [0.05, 0.1) is 16.4 Å². The third-order valence-electron chi connectivity index (χ3n) is 3.41. The van der Waals surface area contributed by atoms with Gasteiger partial charge in [0.2, 0.25) is 0 Å². The number of rotatable bonds is 5. The van der Waals surface area contributed by atoms with E-state index in [0.29, 0.717) is 12.3 Å². The minimum atomic E-state index is 0.0776. The lowest BCUT2D eigenvalue weighted by Gasteiger charge is -2.19. The number of nitrogens with zero attached hydrogens (tertiary/aromatic N) is 1. The van der Waals surface area contributed by atoms with Crippen molar-refractivity contribution in [2.45, 2.75) is 33.1 Å². The van der Waals surface area contributed by atoms with Gasteiger partial charge in [-0.15, -0.1) is 11.3 Å². The largest absolute Gasteiger partial charge is 0.395 e. The van der Waals surface area contributed by atoms with E-state index in [4.69, 9.17) is 5.11 Å². The molecule has 0 spiro atoms. The maximum atomic E-state index is 12.5. The summed E-state index contributed by atoms with van der Waals surface area (Å²) in [5, 5.41) is 8.74. The molecule has 1 N–H and O–H groups in total. The van der Waals surface area contributed by atoms with E-state index in [1.165, 1.54) is 24.2 Å². The molecule has 1 aromatic heterocycles. The third-order valence-corrected chi connectivity index (χ3v) is 4.55. The molecule has 0 bridgehead atoms. The maximum Gasteiger partial charge on any atom is 0.263 e. The second-order valence-corrected chi connectivity index (χ2v) is 6.24. The molecular formula is C16H21NO2S. The molecule has 20 heavy (non-hydrogen) atoms. The fourth-order valence-electron chi connectivity index (χ4n) is 2.03. The molecule has 1 aliphatic rings. The van der Waals surface area contributed by atoms with Crippen LogP contribution >= 0.6 is 11.3 Å². The molecule has 1 amide bonds. The zero-order valence-corrected chi connectivity index (χ0v) is 12.9. The number of amides is 1. The van der Waals surface area contributed by atoms with Crippen molar-refractivity contribution in [2.75, 3.05) is 19.7 Å². The van der Waals surface area contributed by atoms with Crippen LogP contribution in [0.1, 0.15) is 46.3 Å². The molecule has 3 nitrogen and oxygen atoms in total. The van der Waals surface area contributed by atoms with Crippen LogP contribution in [-0.2, 0) is 0 Å². The highest BCUT2D eigenvalue weighted by Crippen LogP contribution is 2.31. The van der Waals surface area contributed by atoms with Crippen molar-refractivity contribution in [3.05, 3.63) is 21.4 Å². The summed E-state index contributed by atoms with van der Waals surface area (Å²) < 4.78 is 0. The van der Waals surface area contributed by atoms with Gasteiger partial charge in [-0.05, 0) is 44.2 Å². The summed E-state index contributed by atoms with van der Waals surface area (Å²) in [5.74, 6) is 6.79. The van der Waals surface area contributed by atoms with Crippen molar-refractivity contribution < 1.29 is 9.90 Å². The van der Waals surface area contributed by atoms with E-state index in [9.17, 15) is 4.79 Å². The highest BCUT2D eigenvalue weighted by molar-refractivity contribution is 7.14. The molecular weight excluding hydrogens is 270 g/mol. The lowest BCUT2D eigenvalue weighted by Crippen LogP contribution is -2.32. The average Bonchev–Trinajstić information content (AvgIpc) is 3.19. The normalized spacial score (nSPS) is 13.8. The van der Waals surface area contributed by atoms with Gasteiger partial charge in [-0.2, -0.15) is 0 Å². The van der Waals surface area contributed by atoms with Crippen LogP contribution < -0.4 is 0 Å². The van der Waals surface area contributed by atoms with Crippen LogP contribution in [0.25, 0.3) is 0 Å². The van der Waals surface area contributed by atoms with Gasteiger partial charge in [0.1, 0.15) is 0 Å². The molecule has 1 fully saturated rings. The monoisotopic (exact) mass is 291 g/mol. The third kappa shape index (κ3) is 3.84. The Kier molecular flexibility index (Phi) is 5.22. The molecule has 0 aliphatic heterocycles. The summed E-state index contributed by atoms with van der Waals surface area (Å²) in [7, 11) is 0. The lowest BCUT2D eigenvalue weighted by atomic mass is 10.2. The zero-order chi connectivity index (χ0) is 14.5. The SMILES string of the molecule is CCN(CC1CC1)C(=O)c1cc(C)c(C#CCCO)s1. The van der Waals surface area contributed by atoms with Gasteiger partial charge < -0.3 is 10.0 Å². The van der Waals surface area contributed by atoms with Crippen LogP contribution in [0.2, 0.25) is 0 Å². The van der Waals surface area contributed by atoms with E-state index in [1.54, 1.807) is 0 Å². The summed E-state index contributed by atoms with van der Waals surface area (Å²) >= 11 is 1.46. The number of thiophene rings is 1. The predicted molar refractivity (Wildman–Crippen MR) is 81.9 cm³/mol. The smallest absolute Gasteiger partial charge is 0.263 e. The lowest BCUT2D eigenvalue weighted by molar-refractivity contribution is 0.0761. The summed E-state index contributed by atoms with van der Waals surface area (Å²) in [6.45, 7) is 5.74. The first-order chi connectivity index (χ1) is 9.65. The van der Waals surface area contributed by atoms with Crippen LogP contribution in [0, 0.1) is 24.7 Å². The quantitative estimate of drug-likeness (QED) is 0.847. The van der Waals surface area contributed by atoms with Crippen molar-refractivity contribution in [1.82, 2.24) is 4.90 Å². The predicted octanol–water partition coefficient (Wildman–Crippen LogP) is 2.66. The van der Waals surface area contributed by atoms with E-state index >= 15 is 0 Å². The summed E-state index contributed by atoms with van der Waals surface area (Å²) in [4.78, 5) is 16.1. The number of aryl methyl sites for hydroxylation is 1. The van der Waals surface area contributed by atoms with E-state index in [2.05, 4.69) is 11.8 Å². The van der Waals surface area contributed by atoms with Crippen molar-refractivity contribution >= 4 is 17.2 Å². The fourth-order valence-corrected chi connectivity index (χ4v) is 3.05. The van der Waals surface area contributed by atoms with Gasteiger partial charge in [0.15, 0.2) is 0 Å². The molecule has 0 atom stereocenters. The molecule has 0 unspecified atom stereocenters. The van der Waals surface area contributed by atoms with Crippen LogP contribution in [0.3, 0.4) is 0 Å². The second-order valence-electron chi connectivity index (χ2n) is 5.19. The summed E-state index contributed by atoms with van der Waals surface area (Å²) in [6.07, 6.45) is 2.99. The van der Waals surface area contributed by atoms with E-state index in [-0.39, 0.29) is 12.5 Å². The number of hydrogen-bond acceptors (Lipinski definition) is 3. The van der Waals surface area contributed by atoms with Gasteiger partial charge in [-0.3, -0.25) is 4.79 Å². The van der Waals surface area contributed by atoms with Gasteiger partial charge >= 0.3 is 0 Å². The first-order valence-corrected chi connectivity index (χ1v) is 7.96. The molecule has 1 heterocycles. The van der Waals surface area contributed by atoms with E-state index < -0.39 is 0 Å². The van der Waals surface area contributed by atoms with Crippen molar-refractivity contribution in [3.8, 4) is 11.8 Å². The Bertz CT molecular complexity index is 534. The molecule has 4 heteroatoms. The molecule has 0 aromatic carbocycles. The first kappa shape index (κ1) is 15.1. The van der Waals surface area contributed by atoms with Crippen LogP contribution in [0.5, 0.6) is 0 Å². The highest BCUT2D eigenvalue weighted by Gasteiger charge is 2.27. The number of carbonyl (C=O) groups is 1. The van der Waals surface area contributed by atoms with E-state index in [1.807, 2.05) is 24.8 Å². The fraction of sp³-hybridized carbons (Fsp3) is 0.562. The van der Waals surface area contributed by atoms with Crippen molar-refractivity contribution in [3.63, 3.8) is 0 Å². The van der Waals surface area contributed by atoms with Gasteiger partial charge in [0.25, 0.3) is 5.91 Å².